The summed E-state index contributed by atoms with van der Waals surface area (Å²) in [7, 11) is 0. The summed E-state index contributed by atoms with van der Waals surface area (Å²) in [5.74, 6) is 0.155. The van der Waals surface area contributed by atoms with E-state index in [4.69, 9.17) is 12.2 Å². The third kappa shape index (κ3) is 4.92. The average Bonchev–Trinajstić information content (AvgIpc) is 3.40. The summed E-state index contributed by atoms with van der Waals surface area (Å²) in [5.41, 5.74) is 2.35. The van der Waals surface area contributed by atoms with E-state index in [1.54, 1.807) is 0 Å². The Kier molecular flexibility index (Phi) is 5.68. The number of nitrogens with zero attached hydrogens (tertiary/aromatic N) is 2. The quantitative estimate of drug-likeness (QED) is 0.797. The first kappa shape index (κ1) is 17.2. The fourth-order valence-corrected chi connectivity index (χ4v) is 3.14. The molecule has 0 atom stereocenters. The van der Waals surface area contributed by atoms with Gasteiger partial charge in [0, 0.05) is 37.9 Å². The van der Waals surface area contributed by atoms with Gasteiger partial charge in [0.15, 0.2) is 5.11 Å². The molecule has 1 aliphatic carbocycles. The minimum absolute atomic E-state index is 0.155. The molecule has 2 N–H and O–H groups in total. The number of piperazine rings is 1. The van der Waals surface area contributed by atoms with Gasteiger partial charge in [0.2, 0.25) is 5.91 Å². The molecule has 2 aliphatic rings. The summed E-state index contributed by atoms with van der Waals surface area (Å²) < 4.78 is 0. The molecule has 6 heteroatoms. The zero-order valence-electron chi connectivity index (χ0n) is 14.3. The molecule has 130 valence electrons. The molecule has 1 amide bonds. The van der Waals surface area contributed by atoms with Crippen molar-refractivity contribution in [3.63, 3.8) is 0 Å². The summed E-state index contributed by atoms with van der Waals surface area (Å²) >= 11 is 5.53. The topological polar surface area (TPSA) is 47.6 Å². The maximum atomic E-state index is 11.9. The third-order valence-corrected chi connectivity index (χ3v) is 4.94. The van der Waals surface area contributed by atoms with E-state index in [-0.39, 0.29) is 5.91 Å². The van der Waals surface area contributed by atoms with Crippen LogP contribution in [0.15, 0.2) is 24.3 Å². The van der Waals surface area contributed by atoms with E-state index in [0.717, 1.165) is 56.2 Å². The van der Waals surface area contributed by atoms with Gasteiger partial charge in [-0.05, 0) is 49.2 Å². The minimum Gasteiger partial charge on any atom is -0.352 e. The van der Waals surface area contributed by atoms with Crippen molar-refractivity contribution in [2.45, 2.75) is 32.2 Å². The first-order valence-corrected chi connectivity index (χ1v) is 9.21. The highest BCUT2D eigenvalue weighted by atomic mass is 32.1. The number of aryl methyl sites for hydroxylation is 1. The highest BCUT2D eigenvalue weighted by molar-refractivity contribution is 7.80. The number of nitrogens with one attached hydrogen (secondary N) is 2. The molecule has 0 spiro atoms. The van der Waals surface area contributed by atoms with Crippen molar-refractivity contribution in [2.24, 2.45) is 0 Å². The predicted molar refractivity (Wildman–Crippen MR) is 101 cm³/mol. The number of thiocarbonyl (C=S) groups is 1. The van der Waals surface area contributed by atoms with Crippen LogP contribution in [0.1, 0.15) is 25.3 Å². The maximum Gasteiger partial charge on any atom is 0.234 e. The second kappa shape index (κ2) is 7.94. The van der Waals surface area contributed by atoms with Crippen LogP contribution in [0.5, 0.6) is 0 Å². The number of carbonyl (C=O) groups excluding carboxylic acids is 1. The van der Waals surface area contributed by atoms with Gasteiger partial charge in [-0.1, -0.05) is 19.1 Å². The van der Waals surface area contributed by atoms with Crippen LogP contribution >= 0.6 is 12.2 Å². The fraction of sp³-hybridized carbons (Fsp3) is 0.556. The molecule has 0 unspecified atom stereocenters. The molecule has 5 nitrogen and oxygen atoms in total. The van der Waals surface area contributed by atoms with Crippen LogP contribution in [0.3, 0.4) is 0 Å². The Bertz CT molecular complexity index is 577. The van der Waals surface area contributed by atoms with Gasteiger partial charge in [0.05, 0.1) is 6.54 Å². The molecule has 3 rings (SSSR count). The number of rotatable bonds is 5. The van der Waals surface area contributed by atoms with Gasteiger partial charge in [-0.25, -0.2) is 0 Å². The lowest BCUT2D eigenvalue weighted by Gasteiger charge is -2.35. The third-order valence-electron chi connectivity index (χ3n) is 4.58. The van der Waals surface area contributed by atoms with Crippen molar-refractivity contribution in [1.29, 1.82) is 0 Å². The number of anilines is 1. The normalized spacial score (nSPS) is 18.3. The number of carbonyl (C=O) groups is 1. The smallest absolute Gasteiger partial charge is 0.234 e. The summed E-state index contributed by atoms with van der Waals surface area (Å²) in [6, 6.07) is 8.84. The Balaban J connectivity index is 1.41. The van der Waals surface area contributed by atoms with Crippen LogP contribution in [0.4, 0.5) is 5.69 Å². The van der Waals surface area contributed by atoms with Gasteiger partial charge in [-0.2, -0.15) is 0 Å². The van der Waals surface area contributed by atoms with Gasteiger partial charge in [-0.3, -0.25) is 9.69 Å². The second-order valence-corrected chi connectivity index (χ2v) is 6.97. The monoisotopic (exact) mass is 346 g/mol. The molecule has 0 bridgehead atoms. The highest BCUT2D eigenvalue weighted by Gasteiger charge is 2.25. The van der Waals surface area contributed by atoms with Crippen LogP contribution in [-0.4, -0.2) is 59.6 Å². The molecule has 1 aromatic rings. The van der Waals surface area contributed by atoms with Crippen molar-refractivity contribution in [2.75, 3.05) is 38.0 Å². The number of amides is 1. The van der Waals surface area contributed by atoms with Crippen LogP contribution in [0.2, 0.25) is 0 Å². The van der Waals surface area contributed by atoms with E-state index in [9.17, 15) is 4.79 Å². The zero-order chi connectivity index (χ0) is 16.9. The Morgan fingerprint density at radius 3 is 2.42 bits per heavy atom. The molecule has 0 aromatic heterocycles. The van der Waals surface area contributed by atoms with Crippen molar-refractivity contribution in [3.8, 4) is 0 Å². The first-order valence-electron chi connectivity index (χ1n) is 8.80. The minimum atomic E-state index is 0.155. The van der Waals surface area contributed by atoms with Crippen LogP contribution < -0.4 is 10.6 Å². The SMILES string of the molecule is CCc1ccc(NC(=S)N2CCN(CC(=O)NC3CC3)CC2)cc1. The van der Waals surface area contributed by atoms with Crippen LogP contribution in [-0.2, 0) is 11.2 Å². The molecular weight excluding hydrogens is 320 g/mol. The standard InChI is InChI=1S/C18H26N4OS/c1-2-14-3-5-16(6-4-14)20-18(24)22-11-9-21(10-12-22)13-17(23)19-15-7-8-15/h3-6,15H,2,7-13H2,1H3,(H,19,23)(H,20,24). The molecule has 1 aromatic carbocycles. The number of hydrogen-bond acceptors (Lipinski definition) is 3. The number of benzene rings is 1. The van der Waals surface area contributed by atoms with Gasteiger partial charge < -0.3 is 15.5 Å². The first-order chi connectivity index (χ1) is 11.6. The predicted octanol–water partition coefficient (Wildman–Crippen LogP) is 1.84. The molecule has 1 aliphatic heterocycles. The largest absolute Gasteiger partial charge is 0.352 e. The molecular formula is C18H26N4OS. The van der Waals surface area contributed by atoms with E-state index in [2.05, 4.69) is 51.6 Å². The Labute approximate surface area is 149 Å². The van der Waals surface area contributed by atoms with E-state index in [1.165, 1.54) is 5.56 Å². The fourth-order valence-electron chi connectivity index (χ4n) is 2.84. The highest BCUT2D eigenvalue weighted by Crippen LogP contribution is 2.18. The summed E-state index contributed by atoms with van der Waals surface area (Å²) in [5, 5.41) is 7.12. The zero-order valence-corrected chi connectivity index (χ0v) is 15.1. The lowest BCUT2D eigenvalue weighted by molar-refractivity contribution is -0.122. The maximum absolute atomic E-state index is 11.9. The van der Waals surface area contributed by atoms with Crippen molar-refractivity contribution < 1.29 is 4.79 Å². The molecule has 1 heterocycles. The van der Waals surface area contributed by atoms with Crippen LogP contribution in [0.25, 0.3) is 0 Å². The lowest BCUT2D eigenvalue weighted by Crippen LogP contribution is -2.52. The van der Waals surface area contributed by atoms with Gasteiger partial charge in [0.25, 0.3) is 0 Å². The summed E-state index contributed by atoms with van der Waals surface area (Å²) in [4.78, 5) is 16.2. The Morgan fingerprint density at radius 2 is 1.83 bits per heavy atom. The number of hydrogen-bond donors (Lipinski definition) is 2. The van der Waals surface area contributed by atoms with Gasteiger partial charge >= 0.3 is 0 Å². The molecule has 1 saturated heterocycles. The summed E-state index contributed by atoms with van der Waals surface area (Å²) in [6.45, 7) is 6.11. The van der Waals surface area contributed by atoms with E-state index in [1.807, 2.05) is 0 Å². The molecule has 24 heavy (non-hydrogen) atoms. The van der Waals surface area contributed by atoms with Crippen LogP contribution in [0, 0.1) is 0 Å². The summed E-state index contributed by atoms with van der Waals surface area (Å²) in [6.07, 6.45) is 3.32. The molecule has 1 saturated carbocycles. The van der Waals surface area contributed by atoms with Crippen molar-refractivity contribution in [3.05, 3.63) is 29.8 Å². The molecule has 0 radical (unpaired) electrons. The van der Waals surface area contributed by atoms with Crippen molar-refractivity contribution >= 4 is 28.9 Å². The molecule has 2 fully saturated rings. The van der Waals surface area contributed by atoms with Crippen molar-refractivity contribution in [1.82, 2.24) is 15.1 Å². The van der Waals surface area contributed by atoms with E-state index in [0.29, 0.717) is 12.6 Å². The Morgan fingerprint density at radius 1 is 1.17 bits per heavy atom. The van der Waals surface area contributed by atoms with E-state index >= 15 is 0 Å². The van der Waals surface area contributed by atoms with Gasteiger partial charge in [-0.15, -0.1) is 0 Å². The van der Waals surface area contributed by atoms with E-state index < -0.39 is 0 Å². The second-order valence-electron chi connectivity index (χ2n) is 6.59. The lowest BCUT2D eigenvalue weighted by atomic mass is 10.1. The average molecular weight is 347 g/mol. The Hall–Kier alpha value is -1.66. The van der Waals surface area contributed by atoms with Gasteiger partial charge in [0.1, 0.15) is 0 Å².